The molecule has 0 radical (unpaired) electrons. The van der Waals surface area contributed by atoms with E-state index in [0.29, 0.717) is 0 Å². The highest BCUT2D eigenvalue weighted by atomic mass is 16.4. The molecular formula is C17H27N5O10. The number of carboxylic acid groups (broad SMARTS) is 3. The van der Waals surface area contributed by atoms with Gasteiger partial charge in [0, 0.05) is 12.8 Å². The van der Waals surface area contributed by atoms with Gasteiger partial charge in [0.2, 0.25) is 23.6 Å². The molecule has 0 aliphatic carbocycles. The summed E-state index contributed by atoms with van der Waals surface area (Å²) in [5.74, 6) is -7.95. The SMILES string of the molecule is CC(NC(=O)C(N)CCC(N)=O)C(=O)NC(CCC(=O)O)C(=O)NC(CC(=O)O)C(=O)O. The molecule has 0 saturated carbocycles. The van der Waals surface area contributed by atoms with Crippen molar-refractivity contribution in [3.8, 4) is 0 Å². The van der Waals surface area contributed by atoms with Crippen molar-refractivity contribution in [1.82, 2.24) is 16.0 Å². The molecule has 4 amide bonds. The van der Waals surface area contributed by atoms with E-state index in [1.165, 1.54) is 6.92 Å². The molecule has 10 N–H and O–H groups in total. The minimum Gasteiger partial charge on any atom is -0.481 e. The monoisotopic (exact) mass is 461 g/mol. The number of nitrogens with two attached hydrogens (primary N) is 2. The van der Waals surface area contributed by atoms with Crippen molar-refractivity contribution in [3.05, 3.63) is 0 Å². The Morgan fingerprint density at radius 1 is 0.750 bits per heavy atom. The van der Waals surface area contributed by atoms with Crippen LogP contribution >= 0.6 is 0 Å². The number of hydrogen-bond donors (Lipinski definition) is 8. The Balaban J connectivity index is 5.16. The van der Waals surface area contributed by atoms with Crippen LogP contribution in [0.1, 0.15) is 39.0 Å². The molecule has 0 bridgehead atoms. The molecule has 0 heterocycles. The zero-order chi connectivity index (χ0) is 25.0. The zero-order valence-corrected chi connectivity index (χ0v) is 17.2. The van der Waals surface area contributed by atoms with Crippen molar-refractivity contribution in [3.63, 3.8) is 0 Å². The first-order valence-corrected chi connectivity index (χ1v) is 9.36. The van der Waals surface area contributed by atoms with Crippen LogP contribution in [-0.2, 0) is 33.6 Å². The van der Waals surface area contributed by atoms with Gasteiger partial charge in [0.05, 0.1) is 12.5 Å². The lowest BCUT2D eigenvalue weighted by atomic mass is 10.1. The van der Waals surface area contributed by atoms with Crippen LogP contribution in [0.5, 0.6) is 0 Å². The van der Waals surface area contributed by atoms with Crippen molar-refractivity contribution >= 4 is 41.5 Å². The molecule has 0 aliphatic heterocycles. The lowest BCUT2D eigenvalue weighted by molar-refractivity contribution is -0.147. The number of nitrogens with one attached hydrogen (secondary N) is 3. The fourth-order valence-corrected chi connectivity index (χ4v) is 2.30. The van der Waals surface area contributed by atoms with Crippen molar-refractivity contribution in [2.75, 3.05) is 0 Å². The topological polar surface area (TPSA) is 268 Å². The van der Waals surface area contributed by atoms with Gasteiger partial charge in [-0.1, -0.05) is 0 Å². The van der Waals surface area contributed by atoms with Gasteiger partial charge in [0.1, 0.15) is 18.1 Å². The zero-order valence-electron chi connectivity index (χ0n) is 17.2. The first kappa shape index (κ1) is 28.2. The summed E-state index contributed by atoms with van der Waals surface area (Å²) in [6.07, 6.45) is -2.19. The lowest BCUT2D eigenvalue weighted by Gasteiger charge is -2.23. The highest BCUT2D eigenvalue weighted by Gasteiger charge is 2.30. The normalized spacial score (nSPS) is 14.2. The van der Waals surface area contributed by atoms with Gasteiger partial charge >= 0.3 is 17.9 Å². The predicted molar refractivity (Wildman–Crippen MR) is 105 cm³/mol. The van der Waals surface area contributed by atoms with Gasteiger partial charge in [-0.25, -0.2) is 4.79 Å². The summed E-state index contributed by atoms with van der Waals surface area (Å²) in [5.41, 5.74) is 10.5. The Morgan fingerprint density at radius 2 is 1.31 bits per heavy atom. The highest BCUT2D eigenvalue weighted by molar-refractivity contribution is 5.94. The van der Waals surface area contributed by atoms with E-state index in [1.54, 1.807) is 0 Å². The average Bonchev–Trinajstić information content (AvgIpc) is 2.67. The third-order valence-corrected chi connectivity index (χ3v) is 4.06. The maximum absolute atomic E-state index is 12.4. The number of hydrogen-bond acceptors (Lipinski definition) is 8. The smallest absolute Gasteiger partial charge is 0.326 e. The summed E-state index contributed by atoms with van der Waals surface area (Å²) in [6.45, 7) is 1.24. The van der Waals surface area contributed by atoms with Gasteiger partial charge in [-0.3, -0.25) is 28.8 Å². The molecule has 0 aromatic carbocycles. The summed E-state index contributed by atoms with van der Waals surface area (Å²) in [4.78, 5) is 80.1. The molecular weight excluding hydrogens is 434 g/mol. The predicted octanol–water partition coefficient (Wildman–Crippen LogP) is -3.52. The number of aliphatic carboxylic acids is 3. The minimum absolute atomic E-state index is 0.0701. The molecule has 0 aromatic rings. The van der Waals surface area contributed by atoms with Crippen LogP contribution in [0.3, 0.4) is 0 Å². The number of amides is 4. The van der Waals surface area contributed by atoms with Crippen molar-refractivity contribution < 1.29 is 48.9 Å². The molecule has 0 aromatic heterocycles. The van der Waals surface area contributed by atoms with E-state index in [0.717, 1.165) is 0 Å². The molecule has 4 unspecified atom stereocenters. The quantitative estimate of drug-likeness (QED) is 0.118. The Morgan fingerprint density at radius 3 is 1.78 bits per heavy atom. The van der Waals surface area contributed by atoms with Crippen molar-refractivity contribution in [2.45, 2.75) is 63.2 Å². The number of carbonyl (C=O) groups excluding carboxylic acids is 4. The second-order valence-corrected chi connectivity index (χ2v) is 6.83. The van der Waals surface area contributed by atoms with Crippen molar-refractivity contribution in [1.29, 1.82) is 0 Å². The van der Waals surface area contributed by atoms with Crippen LogP contribution in [-0.4, -0.2) is 81.0 Å². The number of rotatable bonds is 15. The van der Waals surface area contributed by atoms with Crippen molar-refractivity contribution in [2.24, 2.45) is 11.5 Å². The minimum atomic E-state index is -1.82. The number of primary amides is 1. The van der Waals surface area contributed by atoms with Crippen LogP contribution in [0.4, 0.5) is 0 Å². The largest absolute Gasteiger partial charge is 0.481 e. The van der Waals surface area contributed by atoms with Crippen LogP contribution in [0, 0.1) is 0 Å². The van der Waals surface area contributed by atoms with E-state index < -0.39 is 85.0 Å². The van der Waals surface area contributed by atoms with E-state index in [9.17, 15) is 33.6 Å². The Hall–Kier alpha value is -3.75. The maximum Gasteiger partial charge on any atom is 0.326 e. The van der Waals surface area contributed by atoms with Gasteiger partial charge < -0.3 is 42.7 Å². The molecule has 0 spiro atoms. The van der Waals surface area contributed by atoms with E-state index in [-0.39, 0.29) is 12.8 Å². The third-order valence-electron chi connectivity index (χ3n) is 4.06. The van der Waals surface area contributed by atoms with Gasteiger partial charge in [-0.05, 0) is 19.8 Å². The number of carbonyl (C=O) groups is 7. The average molecular weight is 461 g/mol. The Kier molecular flexibility index (Phi) is 11.9. The second-order valence-electron chi connectivity index (χ2n) is 6.83. The van der Waals surface area contributed by atoms with E-state index in [1.807, 2.05) is 5.32 Å². The Labute approximate surface area is 181 Å². The van der Waals surface area contributed by atoms with E-state index in [4.69, 9.17) is 26.8 Å². The standard InChI is InChI=1S/C17H27N5O10/c1-7(20-15(29)8(18)2-4-11(19)23)14(28)21-9(3-5-12(24)25)16(30)22-10(17(31)32)6-13(26)27/h7-10H,2-6,18H2,1H3,(H2,19,23)(H,20,29)(H,21,28)(H,22,30)(H,24,25)(H,26,27)(H,31,32). The van der Waals surface area contributed by atoms with Gasteiger partial charge in [-0.2, -0.15) is 0 Å². The first-order chi connectivity index (χ1) is 14.7. The van der Waals surface area contributed by atoms with Crippen LogP contribution in [0.15, 0.2) is 0 Å². The van der Waals surface area contributed by atoms with Crippen LogP contribution < -0.4 is 27.4 Å². The van der Waals surface area contributed by atoms with Gasteiger partial charge in [0.15, 0.2) is 0 Å². The Bertz CT molecular complexity index is 756. The van der Waals surface area contributed by atoms with Gasteiger partial charge in [0.25, 0.3) is 0 Å². The molecule has 0 aliphatic rings. The summed E-state index contributed by atoms with van der Waals surface area (Å²) in [5, 5.41) is 32.9. The molecule has 0 rings (SSSR count). The van der Waals surface area contributed by atoms with E-state index in [2.05, 4.69) is 10.6 Å². The van der Waals surface area contributed by atoms with Crippen LogP contribution in [0.25, 0.3) is 0 Å². The first-order valence-electron chi connectivity index (χ1n) is 9.36. The maximum atomic E-state index is 12.4. The summed E-state index contributed by atoms with van der Waals surface area (Å²) in [6, 6.07) is -5.73. The highest BCUT2D eigenvalue weighted by Crippen LogP contribution is 2.03. The fourth-order valence-electron chi connectivity index (χ4n) is 2.30. The molecule has 32 heavy (non-hydrogen) atoms. The summed E-state index contributed by atoms with van der Waals surface area (Å²) >= 11 is 0. The molecule has 0 saturated heterocycles. The summed E-state index contributed by atoms with van der Waals surface area (Å²) in [7, 11) is 0. The fraction of sp³-hybridized carbons (Fsp3) is 0.588. The molecule has 15 heteroatoms. The molecule has 4 atom stereocenters. The molecule has 0 fully saturated rings. The van der Waals surface area contributed by atoms with Crippen LogP contribution in [0.2, 0.25) is 0 Å². The second kappa shape index (κ2) is 13.5. The molecule has 15 nitrogen and oxygen atoms in total. The number of carboxylic acids is 3. The third kappa shape index (κ3) is 11.4. The molecule has 180 valence electrons. The van der Waals surface area contributed by atoms with Gasteiger partial charge in [-0.15, -0.1) is 0 Å². The lowest BCUT2D eigenvalue weighted by Crippen LogP contribution is -2.56. The summed E-state index contributed by atoms with van der Waals surface area (Å²) < 4.78 is 0. The van der Waals surface area contributed by atoms with E-state index >= 15 is 0 Å².